The van der Waals surface area contributed by atoms with Crippen molar-refractivity contribution in [3.05, 3.63) is 42.7 Å². The molecule has 33 heavy (non-hydrogen) atoms. The average molecular weight is 485 g/mol. The second-order valence-corrected chi connectivity index (χ2v) is 17.6. The van der Waals surface area contributed by atoms with Crippen LogP contribution in [0.3, 0.4) is 0 Å². The van der Waals surface area contributed by atoms with Gasteiger partial charge >= 0.3 is 0 Å². The highest BCUT2D eigenvalue weighted by atomic mass is 32.2. The number of pyridine rings is 1. The summed E-state index contributed by atoms with van der Waals surface area (Å²) in [6.07, 6.45) is 6.05. The van der Waals surface area contributed by atoms with Crippen LogP contribution in [0.4, 0.5) is 11.4 Å². The summed E-state index contributed by atoms with van der Waals surface area (Å²) in [6.45, 7) is 14.6. The molecule has 1 aliphatic rings. The Morgan fingerprint density at radius 3 is 2.48 bits per heavy atom. The summed E-state index contributed by atoms with van der Waals surface area (Å²) < 4.78 is 24.5. The lowest BCUT2D eigenvalue weighted by molar-refractivity contribution is 0.656. The highest BCUT2D eigenvalue weighted by molar-refractivity contribution is 7.92. The van der Waals surface area contributed by atoms with Gasteiger partial charge in [-0.05, 0) is 74.1 Å². The molecule has 2 N–H and O–H groups in total. The maximum Gasteiger partial charge on any atom is 0.195 e. The molecule has 178 valence electrons. The van der Waals surface area contributed by atoms with Crippen LogP contribution in [0.5, 0.6) is 0 Å². The number of rotatable bonds is 8. The minimum Gasteiger partial charge on any atom is -0.355 e. The minimum atomic E-state index is -2.70. The van der Waals surface area contributed by atoms with Crippen molar-refractivity contribution in [3.63, 3.8) is 0 Å². The number of anilines is 2. The largest absolute Gasteiger partial charge is 0.355 e. The first-order chi connectivity index (χ1) is 15.5. The molecule has 1 aromatic carbocycles. The van der Waals surface area contributed by atoms with Gasteiger partial charge in [0.05, 0.1) is 22.2 Å². The van der Waals surface area contributed by atoms with Gasteiger partial charge in [-0.2, -0.15) is 5.10 Å². The number of benzene rings is 1. The molecule has 1 fully saturated rings. The maximum atomic E-state index is 14.2. The zero-order chi connectivity index (χ0) is 23.9. The van der Waals surface area contributed by atoms with Gasteiger partial charge in [-0.25, -0.2) is 18.6 Å². The Labute approximate surface area is 198 Å². The molecule has 1 saturated carbocycles. The topological polar surface area (TPSA) is 84.2 Å². The Hall–Kier alpha value is -2.23. The first-order valence-electron chi connectivity index (χ1n) is 11.7. The third-order valence-electron chi connectivity index (χ3n) is 6.75. The van der Waals surface area contributed by atoms with Crippen molar-refractivity contribution in [1.29, 1.82) is 0 Å². The normalized spacial score (nSPS) is 16.5. The molecule has 2 aromatic heterocycles. The third-order valence-corrected chi connectivity index (χ3v) is 14.7. The minimum absolute atomic E-state index is 0.0219. The quantitative estimate of drug-likeness (QED) is 0.387. The number of nitrogens with zero attached hydrogens (tertiary/aromatic N) is 4. The van der Waals surface area contributed by atoms with Crippen LogP contribution in [0.25, 0.3) is 11.0 Å². The second kappa shape index (κ2) is 8.85. The van der Waals surface area contributed by atoms with E-state index in [1.54, 1.807) is 6.20 Å². The molecule has 0 aliphatic heterocycles. The van der Waals surface area contributed by atoms with Crippen molar-refractivity contribution in [2.75, 3.05) is 11.9 Å². The van der Waals surface area contributed by atoms with Crippen molar-refractivity contribution >= 4 is 40.6 Å². The summed E-state index contributed by atoms with van der Waals surface area (Å²) in [5.41, 5.74) is 2.73. The molecule has 0 radical (unpaired) electrons. The van der Waals surface area contributed by atoms with Gasteiger partial charge in [0.1, 0.15) is 9.92 Å². The lowest BCUT2D eigenvalue weighted by Gasteiger charge is -2.33. The summed E-state index contributed by atoms with van der Waals surface area (Å²) >= 11 is 0. The molecular formula is C24H36N6OSSi. The van der Waals surface area contributed by atoms with E-state index in [9.17, 15) is 4.21 Å². The number of hydrogen-bond acceptors (Lipinski definition) is 5. The van der Waals surface area contributed by atoms with Crippen molar-refractivity contribution in [3.8, 4) is 0 Å². The van der Waals surface area contributed by atoms with Crippen molar-refractivity contribution < 1.29 is 4.21 Å². The Balaban J connectivity index is 1.64. The molecule has 0 amide bonds. The van der Waals surface area contributed by atoms with Gasteiger partial charge in [-0.3, -0.25) is 4.03 Å². The number of aromatic nitrogens is 3. The molecule has 4 rings (SSSR count). The van der Waals surface area contributed by atoms with E-state index >= 15 is 0 Å². The first kappa shape index (κ1) is 23.9. The van der Waals surface area contributed by atoms with Gasteiger partial charge in [0.2, 0.25) is 0 Å². The molecular weight excluding hydrogens is 448 g/mol. The van der Waals surface area contributed by atoms with Gasteiger partial charge in [-0.1, -0.05) is 20.8 Å². The second-order valence-electron chi connectivity index (χ2n) is 10.4. The van der Waals surface area contributed by atoms with Crippen LogP contribution in [-0.4, -0.2) is 33.8 Å². The summed E-state index contributed by atoms with van der Waals surface area (Å²) in [7, 11) is -4.83. The molecule has 7 nitrogen and oxygen atoms in total. The Morgan fingerprint density at radius 1 is 1.18 bits per heavy atom. The molecule has 0 spiro atoms. The van der Waals surface area contributed by atoms with E-state index in [0.717, 1.165) is 40.4 Å². The van der Waals surface area contributed by atoms with Crippen LogP contribution in [0.2, 0.25) is 18.1 Å². The molecule has 1 unspecified atom stereocenters. The average Bonchev–Trinajstić information content (AvgIpc) is 3.49. The lowest BCUT2D eigenvalue weighted by atomic mass is 10.2. The van der Waals surface area contributed by atoms with Crippen LogP contribution in [0.1, 0.15) is 40.5 Å². The molecule has 3 aromatic rings. The van der Waals surface area contributed by atoms with E-state index in [1.807, 2.05) is 41.2 Å². The van der Waals surface area contributed by atoms with Gasteiger partial charge in [0.25, 0.3) is 0 Å². The summed E-state index contributed by atoms with van der Waals surface area (Å²) in [5, 5.41) is 8.88. The number of fused-ring (bicyclic) bond motifs is 1. The van der Waals surface area contributed by atoms with Gasteiger partial charge in [0.15, 0.2) is 13.9 Å². The first-order valence-corrected chi connectivity index (χ1v) is 16.2. The lowest BCUT2D eigenvalue weighted by Crippen LogP contribution is -2.39. The molecule has 9 heteroatoms. The van der Waals surface area contributed by atoms with Crippen LogP contribution in [-0.2, 0) is 16.5 Å². The maximum absolute atomic E-state index is 14.2. The Kier molecular flexibility index (Phi) is 6.41. The SMILES string of the molecule is CCn1ncc2c(Nc3ccc(S(=O)(=N[Si](C)(C)C(C)(C)C)NCC4CC4)cc3)ccnc21. The van der Waals surface area contributed by atoms with Crippen LogP contribution in [0.15, 0.2) is 51.6 Å². The third kappa shape index (κ3) is 5.15. The number of nitrogens with one attached hydrogen (secondary N) is 2. The highest BCUT2D eigenvalue weighted by Crippen LogP contribution is 2.38. The van der Waals surface area contributed by atoms with Crippen molar-refractivity contribution in [1.82, 2.24) is 19.5 Å². The Bertz CT molecular complexity index is 1250. The number of hydrogen-bond donors (Lipinski definition) is 2. The van der Waals surface area contributed by atoms with Gasteiger partial charge < -0.3 is 5.32 Å². The van der Waals surface area contributed by atoms with Crippen LogP contribution in [0, 0.1) is 5.92 Å². The Morgan fingerprint density at radius 2 is 1.88 bits per heavy atom. The predicted octanol–water partition coefficient (Wildman–Crippen LogP) is 5.94. The van der Waals surface area contributed by atoms with Crippen LogP contribution >= 0.6 is 0 Å². The standard InChI is InChI=1S/C24H36N6OSSi/c1-7-30-23-21(17-26-30)22(14-15-25-23)28-19-10-12-20(13-11-19)32(31,27-16-18-8-9-18)29-33(5,6)24(2,3)4/h10-15,17-18H,7-9,16H2,1-6H3,(H,25,28)(H,27,29,31). The fourth-order valence-electron chi connectivity index (χ4n) is 3.38. The van der Waals surface area contributed by atoms with E-state index in [4.69, 9.17) is 4.03 Å². The molecule has 0 bridgehead atoms. The summed E-state index contributed by atoms with van der Waals surface area (Å²) in [5.74, 6) is 0.625. The highest BCUT2D eigenvalue weighted by Gasteiger charge is 2.38. The predicted molar refractivity (Wildman–Crippen MR) is 140 cm³/mol. The smallest absolute Gasteiger partial charge is 0.195 e. The van der Waals surface area contributed by atoms with Gasteiger partial charge in [-0.15, -0.1) is 0 Å². The molecule has 0 saturated heterocycles. The summed E-state index contributed by atoms with van der Waals surface area (Å²) in [6, 6.07) is 9.78. The molecule has 1 aliphatic carbocycles. The fourth-order valence-corrected chi connectivity index (χ4v) is 8.85. The van der Waals surface area contributed by atoms with E-state index < -0.39 is 18.2 Å². The van der Waals surface area contributed by atoms with Crippen molar-refractivity contribution in [2.24, 2.45) is 9.95 Å². The summed E-state index contributed by atoms with van der Waals surface area (Å²) in [4.78, 5) is 5.21. The van der Waals surface area contributed by atoms with E-state index in [2.05, 4.69) is 60.9 Å². The van der Waals surface area contributed by atoms with Gasteiger partial charge in [0, 0.05) is 25.0 Å². The van der Waals surface area contributed by atoms with E-state index in [0.29, 0.717) is 5.92 Å². The fraction of sp³-hybridized carbons (Fsp3) is 0.500. The number of aryl methyl sites for hydroxylation is 1. The zero-order valence-corrected chi connectivity index (χ0v) is 22.4. The molecule has 1 atom stereocenters. The monoisotopic (exact) mass is 484 g/mol. The van der Waals surface area contributed by atoms with Crippen molar-refractivity contribution in [2.45, 2.75) is 70.1 Å². The van der Waals surface area contributed by atoms with E-state index in [-0.39, 0.29) is 5.04 Å². The van der Waals surface area contributed by atoms with E-state index in [1.165, 1.54) is 12.8 Å². The van der Waals surface area contributed by atoms with Crippen LogP contribution < -0.4 is 10.0 Å². The molecule has 2 heterocycles. The zero-order valence-electron chi connectivity index (χ0n) is 20.6.